The number of oxazole rings is 1. The maximum absolute atomic E-state index is 5.56. The van der Waals surface area contributed by atoms with E-state index < -0.39 is 0 Å². The Hall–Kier alpha value is -1.61. The molecule has 0 aliphatic heterocycles. The van der Waals surface area contributed by atoms with Gasteiger partial charge in [-0.2, -0.15) is 0 Å². The van der Waals surface area contributed by atoms with Gasteiger partial charge >= 0.3 is 0 Å². The van der Waals surface area contributed by atoms with Crippen LogP contribution in [0.15, 0.2) is 35.1 Å². The first-order chi connectivity index (χ1) is 9.58. The zero-order valence-electron chi connectivity index (χ0n) is 12.8. The Morgan fingerprint density at radius 1 is 1.10 bits per heavy atom. The molecule has 2 aromatic rings. The average Bonchev–Trinajstić information content (AvgIpc) is 2.87. The lowest BCUT2D eigenvalue weighted by Crippen LogP contribution is -2.19. The lowest BCUT2D eigenvalue weighted by atomic mass is 10.0. The first kappa shape index (κ1) is 14.8. The fourth-order valence-electron chi connectivity index (χ4n) is 2.13. The molecule has 0 saturated heterocycles. The van der Waals surface area contributed by atoms with Crippen molar-refractivity contribution >= 4 is 0 Å². The van der Waals surface area contributed by atoms with Gasteiger partial charge in [-0.15, -0.1) is 0 Å². The summed E-state index contributed by atoms with van der Waals surface area (Å²) < 4.78 is 5.56. The maximum Gasteiger partial charge on any atom is 0.181 e. The monoisotopic (exact) mass is 272 g/mol. The van der Waals surface area contributed by atoms with Gasteiger partial charge in [0.25, 0.3) is 0 Å². The summed E-state index contributed by atoms with van der Waals surface area (Å²) in [5, 5.41) is 3.40. The highest BCUT2D eigenvalue weighted by molar-refractivity contribution is 5.60. The van der Waals surface area contributed by atoms with Crippen LogP contribution >= 0.6 is 0 Å². The lowest BCUT2D eigenvalue weighted by molar-refractivity contribution is 0.545. The molecule has 0 atom stereocenters. The van der Waals surface area contributed by atoms with Crippen LogP contribution in [0.1, 0.15) is 44.9 Å². The van der Waals surface area contributed by atoms with Gasteiger partial charge in [0.15, 0.2) is 12.2 Å². The molecule has 0 spiro atoms. The van der Waals surface area contributed by atoms with Crippen molar-refractivity contribution in [1.29, 1.82) is 0 Å². The van der Waals surface area contributed by atoms with Crippen molar-refractivity contribution < 1.29 is 4.42 Å². The highest BCUT2D eigenvalue weighted by Crippen LogP contribution is 2.25. The summed E-state index contributed by atoms with van der Waals surface area (Å²) in [5.41, 5.74) is 3.41. The molecule has 0 unspecified atom stereocenters. The van der Waals surface area contributed by atoms with Crippen LogP contribution in [-0.2, 0) is 6.54 Å². The van der Waals surface area contributed by atoms with E-state index in [2.05, 4.69) is 62.3 Å². The molecule has 0 aliphatic rings. The Bertz CT molecular complexity index is 526. The van der Waals surface area contributed by atoms with E-state index in [9.17, 15) is 0 Å². The van der Waals surface area contributed by atoms with Gasteiger partial charge in [-0.3, -0.25) is 0 Å². The molecule has 0 amide bonds. The fourth-order valence-corrected chi connectivity index (χ4v) is 2.13. The standard InChI is InChI=1S/C17H24N2O/c1-12(2)9-18-10-16-17(20-11-19-16)15-7-5-14(6-8-15)13(3)4/h5-8,11-13,18H,9-10H2,1-4H3. The molecule has 1 heterocycles. The molecule has 108 valence electrons. The van der Waals surface area contributed by atoms with Crippen molar-refractivity contribution in [1.82, 2.24) is 10.3 Å². The third kappa shape index (κ3) is 3.70. The molecule has 1 aromatic carbocycles. The Morgan fingerprint density at radius 2 is 1.80 bits per heavy atom. The van der Waals surface area contributed by atoms with Gasteiger partial charge in [0.1, 0.15) is 5.69 Å². The summed E-state index contributed by atoms with van der Waals surface area (Å²) in [7, 11) is 0. The minimum Gasteiger partial charge on any atom is -0.443 e. The van der Waals surface area contributed by atoms with Crippen LogP contribution in [0.25, 0.3) is 11.3 Å². The van der Waals surface area contributed by atoms with E-state index in [1.807, 2.05) is 0 Å². The van der Waals surface area contributed by atoms with Crippen molar-refractivity contribution in [2.75, 3.05) is 6.54 Å². The highest BCUT2D eigenvalue weighted by Gasteiger charge is 2.11. The number of nitrogens with zero attached hydrogens (tertiary/aromatic N) is 1. The minimum atomic E-state index is 0.547. The molecule has 1 N–H and O–H groups in total. The average molecular weight is 272 g/mol. The summed E-state index contributed by atoms with van der Waals surface area (Å²) in [4.78, 5) is 4.32. The first-order valence-corrected chi connectivity index (χ1v) is 7.31. The van der Waals surface area contributed by atoms with Crippen LogP contribution in [-0.4, -0.2) is 11.5 Å². The normalized spacial score (nSPS) is 11.5. The second-order valence-electron chi connectivity index (χ2n) is 5.93. The number of aromatic nitrogens is 1. The van der Waals surface area contributed by atoms with Crippen LogP contribution in [0.3, 0.4) is 0 Å². The van der Waals surface area contributed by atoms with E-state index in [0.29, 0.717) is 11.8 Å². The number of benzene rings is 1. The lowest BCUT2D eigenvalue weighted by Gasteiger charge is -2.08. The Balaban J connectivity index is 2.10. The van der Waals surface area contributed by atoms with E-state index in [-0.39, 0.29) is 0 Å². The summed E-state index contributed by atoms with van der Waals surface area (Å²) in [6, 6.07) is 8.55. The van der Waals surface area contributed by atoms with Crippen LogP contribution in [0.5, 0.6) is 0 Å². The maximum atomic E-state index is 5.56. The molecule has 0 bridgehead atoms. The van der Waals surface area contributed by atoms with Gasteiger partial charge in [-0.05, 0) is 23.9 Å². The van der Waals surface area contributed by atoms with Crippen molar-refractivity contribution in [2.24, 2.45) is 5.92 Å². The molecular formula is C17H24N2O. The molecule has 2 rings (SSSR count). The zero-order valence-corrected chi connectivity index (χ0v) is 12.8. The smallest absolute Gasteiger partial charge is 0.181 e. The van der Waals surface area contributed by atoms with Gasteiger partial charge in [0, 0.05) is 12.1 Å². The topological polar surface area (TPSA) is 38.1 Å². The van der Waals surface area contributed by atoms with Crippen LogP contribution in [0.4, 0.5) is 0 Å². The van der Waals surface area contributed by atoms with E-state index in [4.69, 9.17) is 4.42 Å². The number of hydrogen-bond donors (Lipinski definition) is 1. The Labute approximate surface area is 121 Å². The van der Waals surface area contributed by atoms with Gasteiger partial charge in [-0.25, -0.2) is 4.98 Å². The van der Waals surface area contributed by atoms with Crippen LogP contribution in [0, 0.1) is 5.92 Å². The largest absolute Gasteiger partial charge is 0.443 e. The van der Waals surface area contributed by atoms with Crippen molar-refractivity contribution in [3.63, 3.8) is 0 Å². The molecule has 0 fully saturated rings. The third-order valence-electron chi connectivity index (χ3n) is 3.33. The van der Waals surface area contributed by atoms with E-state index in [1.54, 1.807) is 0 Å². The molecular weight excluding hydrogens is 248 g/mol. The van der Waals surface area contributed by atoms with E-state index in [1.165, 1.54) is 12.0 Å². The number of rotatable bonds is 6. The number of nitrogens with one attached hydrogen (secondary N) is 1. The molecule has 20 heavy (non-hydrogen) atoms. The van der Waals surface area contributed by atoms with Crippen LogP contribution in [0.2, 0.25) is 0 Å². The molecule has 0 radical (unpaired) electrons. The Morgan fingerprint density at radius 3 is 2.40 bits per heavy atom. The predicted molar refractivity (Wildman–Crippen MR) is 82.6 cm³/mol. The van der Waals surface area contributed by atoms with Gasteiger partial charge in [0.05, 0.1) is 0 Å². The van der Waals surface area contributed by atoms with Crippen molar-refractivity contribution in [3.05, 3.63) is 41.9 Å². The summed E-state index contributed by atoms with van der Waals surface area (Å²) in [6.45, 7) is 10.5. The fraction of sp³-hybridized carbons (Fsp3) is 0.471. The second-order valence-corrected chi connectivity index (χ2v) is 5.93. The SMILES string of the molecule is CC(C)CNCc1ncoc1-c1ccc(C(C)C)cc1. The van der Waals surface area contributed by atoms with Gasteiger partial charge < -0.3 is 9.73 Å². The molecule has 3 heteroatoms. The minimum absolute atomic E-state index is 0.547. The number of hydrogen-bond acceptors (Lipinski definition) is 3. The predicted octanol–water partition coefficient (Wildman–Crippen LogP) is 4.21. The third-order valence-corrected chi connectivity index (χ3v) is 3.33. The summed E-state index contributed by atoms with van der Waals surface area (Å²) in [6.07, 6.45) is 1.53. The van der Waals surface area contributed by atoms with Crippen LogP contribution < -0.4 is 5.32 Å². The quantitative estimate of drug-likeness (QED) is 0.856. The molecule has 0 aliphatic carbocycles. The van der Waals surface area contributed by atoms with Gasteiger partial charge in [0.2, 0.25) is 0 Å². The van der Waals surface area contributed by atoms with Crippen molar-refractivity contribution in [2.45, 2.75) is 40.2 Å². The summed E-state index contributed by atoms with van der Waals surface area (Å²) >= 11 is 0. The molecule has 0 saturated carbocycles. The first-order valence-electron chi connectivity index (χ1n) is 7.31. The highest BCUT2D eigenvalue weighted by atomic mass is 16.3. The van der Waals surface area contributed by atoms with E-state index in [0.717, 1.165) is 30.1 Å². The zero-order chi connectivity index (χ0) is 14.5. The molecule has 1 aromatic heterocycles. The second kappa shape index (κ2) is 6.71. The Kier molecular flexibility index (Phi) is 4.96. The summed E-state index contributed by atoms with van der Waals surface area (Å²) in [5.74, 6) is 2.05. The van der Waals surface area contributed by atoms with Gasteiger partial charge in [-0.1, -0.05) is 52.0 Å². The van der Waals surface area contributed by atoms with E-state index >= 15 is 0 Å². The molecule has 3 nitrogen and oxygen atoms in total. The van der Waals surface area contributed by atoms with Crippen molar-refractivity contribution in [3.8, 4) is 11.3 Å².